The van der Waals surface area contributed by atoms with E-state index in [1.54, 1.807) is 23.5 Å². The maximum Gasteiger partial charge on any atom is 0.261 e. The Morgan fingerprint density at radius 2 is 2.14 bits per heavy atom. The molecule has 2 N–H and O–H groups in total. The lowest BCUT2D eigenvalue weighted by Gasteiger charge is -2.14. The number of nitrogens with one attached hydrogen (secondary N) is 2. The molecule has 0 bridgehead atoms. The van der Waals surface area contributed by atoms with Crippen LogP contribution in [0, 0.1) is 17.2 Å². The number of fused-ring (bicyclic) bond motifs is 1. The van der Waals surface area contributed by atoms with Crippen molar-refractivity contribution in [2.24, 2.45) is 5.92 Å². The Morgan fingerprint density at radius 1 is 1.38 bits per heavy atom. The molecule has 0 spiro atoms. The molecule has 1 aliphatic carbocycles. The summed E-state index contributed by atoms with van der Waals surface area (Å²) in [6.45, 7) is 4.60. The predicted molar refractivity (Wildman–Crippen MR) is 124 cm³/mol. The normalized spacial score (nSPS) is 12.8. The minimum Gasteiger partial charge on any atom is -0.492 e. The molecule has 1 aliphatic rings. The number of hydrogen-bond donors (Lipinski definition) is 2. The van der Waals surface area contributed by atoms with Gasteiger partial charge >= 0.3 is 0 Å². The first-order chi connectivity index (χ1) is 13.9. The Labute approximate surface area is 188 Å². The van der Waals surface area contributed by atoms with Crippen molar-refractivity contribution in [1.29, 1.82) is 5.26 Å². The van der Waals surface area contributed by atoms with Gasteiger partial charge in [0.05, 0.1) is 17.7 Å². The van der Waals surface area contributed by atoms with Gasteiger partial charge in [-0.15, -0.1) is 11.3 Å². The number of ether oxygens (including phenoxy) is 1. The molecule has 0 fully saturated rings. The molecule has 2 aromatic rings. The molecule has 29 heavy (non-hydrogen) atoms. The van der Waals surface area contributed by atoms with Gasteiger partial charge in [0.1, 0.15) is 16.8 Å². The number of thiophene rings is 1. The van der Waals surface area contributed by atoms with E-state index < -0.39 is 0 Å². The number of thiocarbonyl (C=S) groups is 1. The Bertz CT molecular complexity index is 979. The van der Waals surface area contributed by atoms with Crippen molar-refractivity contribution in [2.45, 2.75) is 39.5 Å². The van der Waals surface area contributed by atoms with Gasteiger partial charge in [-0.25, -0.2) is 0 Å². The summed E-state index contributed by atoms with van der Waals surface area (Å²) in [5.41, 5.74) is 2.16. The summed E-state index contributed by atoms with van der Waals surface area (Å²) in [5, 5.41) is 16.2. The fraction of sp³-hybridized carbons (Fsp3) is 0.381. The molecule has 0 saturated carbocycles. The van der Waals surface area contributed by atoms with Gasteiger partial charge in [-0.2, -0.15) is 5.26 Å². The number of carbonyl (C=O) groups excluding carboxylic acids is 1. The fourth-order valence-electron chi connectivity index (χ4n) is 3.14. The molecule has 0 saturated heterocycles. The van der Waals surface area contributed by atoms with Crippen LogP contribution in [0.5, 0.6) is 5.75 Å². The Morgan fingerprint density at radius 3 is 2.86 bits per heavy atom. The number of rotatable bonds is 5. The third kappa shape index (κ3) is 5.35. The highest BCUT2D eigenvalue weighted by Gasteiger charge is 2.22. The molecule has 0 aliphatic heterocycles. The molecule has 152 valence electrons. The quantitative estimate of drug-likeness (QED) is 0.545. The van der Waals surface area contributed by atoms with Crippen molar-refractivity contribution in [3.05, 3.63) is 44.2 Å². The molecule has 1 amide bonds. The average molecular weight is 492 g/mol. The number of amides is 1. The number of nitrogens with zero attached hydrogens (tertiary/aromatic N) is 1. The number of benzene rings is 1. The first-order valence-corrected chi connectivity index (χ1v) is 11.5. The lowest BCUT2D eigenvalue weighted by atomic mass is 9.96. The van der Waals surface area contributed by atoms with Gasteiger partial charge < -0.3 is 10.1 Å². The number of nitriles is 1. The summed E-state index contributed by atoms with van der Waals surface area (Å²) in [7, 11) is 0. The van der Waals surface area contributed by atoms with E-state index in [9.17, 15) is 10.1 Å². The fourth-order valence-corrected chi connectivity index (χ4v) is 5.00. The van der Waals surface area contributed by atoms with Gasteiger partial charge in [0.15, 0.2) is 5.11 Å². The van der Waals surface area contributed by atoms with Crippen LogP contribution >= 0.6 is 39.5 Å². The predicted octanol–water partition coefficient (Wildman–Crippen LogP) is 5.42. The minimum absolute atomic E-state index is 0.167. The zero-order chi connectivity index (χ0) is 21.0. The highest BCUT2D eigenvalue weighted by Crippen LogP contribution is 2.37. The molecule has 0 radical (unpaired) electrons. The van der Waals surface area contributed by atoms with Crippen LogP contribution in [0.25, 0.3) is 0 Å². The third-order valence-electron chi connectivity index (χ3n) is 4.50. The summed E-state index contributed by atoms with van der Waals surface area (Å²) in [4.78, 5) is 14.0. The second-order valence-electron chi connectivity index (χ2n) is 7.28. The Kier molecular flexibility index (Phi) is 7.28. The van der Waals surface area contributed by atoms with Crippen LogP contribution in [0.2, 0.25) is 0 Å². The first-order valence-electron chi connectivity index (χ1n) is 9.48. The van der Waals surface area contributed by atoms with E-state index in [2.05, 4.69) is 32.6 Å². The highest BCUT2D eigenvalue weighted by atomic mass is 79.9. The zero-order valence-corrected chi connectivity index (χ0v) is 19.5. The van der Waals surface area contributed by atoms with Crippen LogP contribution in [0.1, 0.15) is 53.1 Å². The van der Waals surface area contributed by atoms with Crippen molar-refractivity contribution in [2.75, 3.05) is 11.9 Å². The number of halogens is 1. The molecular weight excluding hydrogens is 470 g/mol. The van der Waals surface area contributed by atoms with E-state index >= 15 is 0 Å². The van der Waals surface area contributed by atoms with Crippen molar-refractivity contribution in [3.63, 3.8) is 0 Å². The number of anilines is 1. The van der Waals surface area contributed by atoms with E-state index in [-0.39, 0.29) is 11.0 Å². The van der Waals surface area contributed by atoms with Crippen LogP contribution in [0.4, 0.5) is 5.00 Å². The van der Waals surface area contributed by atoms with Gasteiger partial charge in [-0.05, 0) is 67.6 Å². The molecular formula is C21H22BrN3O2S2. The second-order valence-corrected chi connectivity index (χ2v) is 9.71. The Hall–Kier alpha value is -1.95. The van der Waals surface area contributed by atoms with Crippen LogP contribution in [-0.4, -0.2) is 17.6 Å². The summed E-state index contributed by atoms with van der Waals surface area (Å²) < 4.78 is 6.55. The minimum atomic E-state index is -0.359. The van der Waals surface area contributed by atoms with Crippen molar-refractivity contribution >= 4 is 55.5 Å². The third-order valence-corrected chi connectivity index (χ3v) is 6.40. The highest BCUT2D eigenvalue weighted by molar-refractivity contribution is 9.10. The molecule has 0 unspecified atom stereocenters. The maximum absolute atomic E-state index is 12.8. The second kappa shape index (κ2) is 9.70. The summed E-state index contributed by atoms with van der Waals surface area (Å²) in [6.07, 6.45) is 4.15. The van der Waals surface area contributed by atoms with Crippen LogP contribution in [0.15, 0.2) is 22.7 Å². The average Bonchev–Trinajstić information content (AvgIpc) is 3.03. The molecule has 0 atom stereocenters. The molecule has 5 nitrogen and oxygen atoms in total. The van der Waals surface area contributed by atoms with Gasteiger partial charge in [0, 0.05) is 9.35 Å². The van der Waals surface area contributed by atoms with E-state index in [0.717, 1.165) is 35.7 Å². The van der Waals surface area contributed by atoms with E-state index in [1.165, 1.54) is 4.88 Å². The molecule has 8 heteroatoms. The van der Waals surface area contributed by atoms with Gasteiger partial charge in [0.2, 0.25) is 0 Å². The zero-order valence-electron chi connectivity index (χ0n) is 16.3. The summed E-state index contributed by atoms with van der Waals surface area (Å²) in [5.74, 6) is 0.487. The van der Waals surface area contributed by atoms with Crippen LogP contribution in [0.3, 0.4) is 0 Å². The van der Waals surface area contributed by atoms with Gasteiger partial charge in [0.25, 0.3) is 5.91 Å². The molecule has 1 aromatic carbocycles. The van der Waals surface area contributed by atoms with Crippen molar-refractivity contribution < 1.29 is 9.53 Å². The standard InChI is InChI=1S/C21H22BrN3O2S2/c1-12(2)11-27-17-8-7-13(22)9-15(17)19(26)24-21(28)25-20-16(10-23)14-5-3-4-6-18(14)29-20/h7-9,12H,3-6,11H2,1-2H3,(H2,24,25,26,28). The number of aryl methyl sites for hydroxylation is 1. The van der Waals surface area contributed by atoms with Gasteiger partial charge in [-0.3, -0.25) is 10.1 Å². The van der Waals surface area contributed by atoms with Crippen molar-refractivity contribution in [1.82, 2.24) is 5.32 Å². The van der Waals surface area contributed by atoms with E-state index in [0.29, 0.717) is 34.4 Å². The van der Waals surface area contributed by atoms with E-state index in [1.807, 2.05) is 19.9 Å². The number of carbonyl (C=O) groups is 1. The first kappa shape index (κ1) is 21.8. The monoisotopic (exact) mass is 491 g/mol. The maximum atomic E-state index is 12.8. The topological polar surface area (TPSA) is 74.2 Å². The molecule has 1 aromatic heterocycles. The molecule has 3 rings (SSSR count). The lowest BCUT2D eigenvalue weighted by molar-refractivity contribution is 0.0973. The number of hydrogen-bond acceptors (Lipinski definition) is 5. The summed E-state index contributed by atoms with van der Waals surface area (Å²) >= 11 is 10.3. The van der Waals surface area contributed by atoms with Crippen LogP contribution < -0.4 is 15.4 Å². The summed E-state index contributed by atoms with van der Waals surface area (Å²) in [6, 6.07) is 7.59. The smallest absolute Gasteiger partial charge is 0.261 e. The van der Waals surface area contributed by atoms with E-state index in [4.69, 9.17) is 17.0 Å². The lowest BCUT2D eigenvalue weighted by Crippen LogP contribution is -2.34. The van der Waals surface area contributed by atoms with Crippen molar-refractivity contribution in [3.8, 4) is 11.8 Å². The Balaban J connectivity index is 1.73. The SMILES string of the molecule is CC(C)COc1ccc(Br)cc1C(=O)NC(=S)Nc1sc2c(c1C#N)CCCC2. The largest absolute Gasteiger partial charge is 0.492 e. The van der Waals surface area contributed by atoms with Crippen LogP contribution in [-0.2, 0) is 12.8 Å². The molecule has 1 heterocycles. The van der Waals surface area contributed by atoms with Gasteiger partial charge in [-0.1, -0.05) is 29.8 Å².